The summed E-state index contributed by atoms with van der Waals surface area (Å²) in [6, 6.07) is 6.26. The lowest BCUT2D eigenvalue weighted by Gasteiger charge is -2.15. The highest BCUT2D eigenvalue weighted by Gasteiger charge is 2.10. The zero-order valence-corrected chi connectivity index (χ0v) is 16.1. The Labute approximate surface area is 152 Å². The van der Waals surface area contributed by atoms with Gasteiger partial charge >= 0.3 is 0 Å². The highest BCUT2D eigenvalue weighted by molar-refractivity contribution is 5.79. The van der Waals surface area contributed by atoms with E-state index in [4.69, 9.17) is 9.73 Å². The molecule has 0 unspecified atom stereocenters. The van der Waals surface area contributed by atoms with Crippen molar-refractivity contribution in [3.8, 4) is 5.75 Å². The first kappa shape index (κ1) is 19.6. The van der Waals surface area contributed by atoms with Crippen molar-refractivity contribution >= 4 is 5.96 Å². The van der Waals surface area contributed by atoms with Gasteiger partial charge in [0.05, 0.1) is 13.7 Å². The van der Waals surface area contributed by atoms with Gasteiger partial charge in [-0.3, -0.25) is 0 Å². The Morgan fingerprint density at radius 3 is 2.72 bits per heavy atom. The molecule has 1 heterocycles. The largest absolute Gasteiger partial charge is 0.496 e. The van der Waals surface area contributed by atoms with Crippen LogP contribution in [0.25, 0.3) is 0 Å². The van der Waals surface area contributed by atoms with Crippen LogP contribution >= 0.6 is 0 Å². The Bertz CT molecular complexity index is 538. The van der Waals surface area contributed by atoms with Crippen LogP contribution in [-0.2, 0) is 6.54 Å². The third-order valence-electron chi connectivity index (χ3n) is 4.59. The van der Waals surface area contributed by atoms with Gasteiger partial charge in [-0.1, -0.05) is 12.1 Å². The molecule has 1 aliphatic heterocycles. The van der Waals surface area contributed by atoms with Crippen LogP contribution in [0.5, 0.6) is 5.75 Å². The summed E-state index contributed by atoms with van der Waals surface area (Å²) in [6.07, 6.45) is 5.17. The fraction of sp³-hybridized carbons (Fsp3) is 0.650. The molecule has 0 amide bonds. The molecular weight excluding hydrogens is 312 g/mol. The topological polar surface area (TPSA) is 48.9 Å². The average Bonchev–Trinajstić information content (AvgIpc) is 3.13. The third-order valence-corrected chi connectivity index (χ3v) is 4.59. The molecule has 2 rings (SSSR count). The summed E-state index contributed by atoms with van der Waals surface area (Å²) >= 11 is 0. The van der Waals surface area contributed by atoms with Crippen LogP contribution in [0.15, 0.2) is 23.2 Å². The number of hydrogen-bond acceptors (Lipinski definition) is 3. The van der Waals surface area contributed by atoms with Crippen LogP contribution in [0.2, 0.25) is 0 Å². The molecule has 1 aliphatic rings. The Morgan fingerprint density at radius 1 is 1.20 bits per heavy atom. The average molecular weight is 347 g/mol. The number of aliphatic imine (C=N–C) groups is 1. The van der Waals surface area contributed by atoms with Crippen molar-refractivity contribution in [1.82, 2.24) is 15.5 Å². The van der Waals surface area contributed by atoms with Gasteiger partial charge in [0.2, 0.25) is 0 Å². The van der Waals surface area contributed by atoms with E-state index in [1.165, 1.54) is 50.9 Å². The number of nitrogens with one attached hydrogen (secondary N) is 2. The number of likely N-dealkylation sites (tertiary alicyclic amines) is 1. The van der Waals surface area contributed by atoms with Crippen molar-refractivity contribution in [2.24, 2.45) is 4.99 Å². The highest BCUT2D eigenvalue weighted by Crippen LogP contribution is 2.20. The second-order valence-electron chi connectivity index (χ2n) is 6.69. The van der Waals surface area contributed by atoms with E-state index in [1.807, 2.05) is 0 Å². The zero-order valence-electron chi connectivity index (χ0n) is 16.1. The van der Waals surface area contributed by atoms with Crippen LogP contribution in [0.3, 0.4) is 0 Å². The maximum Gasteiger partial charge on any atom is 0.191 e. The minimum absolute atomic E-state index is 0.618. The molecule has 0 saturated carbocycles. The Kier molecular flexibility index (Phi) is 8.60. The van der Waals surface area contributed by atoms with E-state index in [9.17, 15) is 0 Å². The van der Waals surface area contributed by atoms with Crippen LogP contribution < -0.4 is 15.4 Å². The van der Waals surface area contributed by atoms with Crippen LogP contribution in [-0.4, -0.2) is 50.7 Å². The van der Waals surface area contributed by atoms with Gasteiger partial charge in [0.15, 0.2) is 5.96 Å². The van der Waals surface area contributed by atoms with Crippen LogP contribution in [0.4, 0.5) is 0 Å². The summed E-state index contributed by atoms with van der Waals surface area (Å²) in [5.41, 5.74) is 2.31. The molecule has 140 valence electrons. The zero-order chi connectivity index (χ0) is 17.9. The molecular formula is C20H34N4O. The fourth-order valence-corrected chi connectivity index (χ4v) is 3.16. The molecule has 0 spiro atoms. The second-order valence-corrected chi connectivity index (χ2v) is 6.69. The molecule has 1 saturated heterocycles. The van der Waals surface area contributed by atoms with Crippen molar-refractivity contribution in [2.75, 3.05) is 39.8 Å². The normalized spacial score (nSPS) is 15.4. The number of benzene rings is 1. The Balaban J connectivity index is 1.77. The first-order valence-electron chi connectivity index (χ1n) is 9.61. The number of methoxy groups -OCH3 is 1. The summed E-state index contributed by atoms with van der Waals surface area (Å²) in [5.74, 6) is 1.79. The van der Waals surface area contributed by atoms with Gasteiger partial charge in [0.25, 0.3) is 0 Å². The number of guanidine groups is 1. The fourth-order valence-electron chi connectivity index (χ4n) is 3.16. The van der Waals surface area contributed by atoms with Gasteiger partial charge in [0.1, 0.15) is 5.75 Å². The van der Waals surface area contributed by atoms with Gasteiger partial charge in [-0.05, 0) is 70.8 Å². The second kappa shape index (κ2) is 11.0. The molecule has 0 aliphatic carbocycles. The lowest BCUT2D eigenvalue weighted by molar-refractivity contribution is 0.330. The van der Waals surface area contributed by atoms with Gasteiger partial charge in [-0.15, -0.1) is 0 Å². The lowest BCUT2D eigenvalue weighted by atomic mass is 10.1. The third kappa shape index (κ3) is 6.94. The van der Waals surface area contributed by atoms with Gasteiger partial charge in [-0.25, -0.2) is 4.99 Å². The van der Waals surface area contributed by atoms with Crippen molar-refractivity contribution in [3.63, 3.8) is 0 Å². The predicted molar refractivity (Wildman–Crippen MR) is 105 cm³/mol. The summed E-state index contributed by atoms with van der Waals surface area (Å²) < 4.78 is 5.47. The summed E-state index contributed by atoms with van der Waals surface area (Å²) in [4.78, 5) is 7.27. The lowest BCUT2D eigenvalue weighted by Crippen LogP contribution is -2.38. The van der Waals surface area contributed by atoms with Gasteiger partial charge < -0.3 is 20.3 Å². The number of hydrogen-bond donors (Lipinski definition) is 2. The number of unbranched alkanes of at least 4 members (excludes halogenated alkanes) is 1. The quantitative estimate of drug-likeness (QED) is 0.410. The van der Waals surface area contributed by atoms with Crippen molar-refractivity contribution < 1.29 is 4.74 Å². The van der Waals surface area contributed by atoms with E-state index in [0.29, 0.717) is 6.54 Å². The molecule has 0 atom stereocenters. The molecule has 2 N–H and O–H groups in total. The van der Waals surface area contributed by atoms with Crippen LogP contribution in [0, 0.1) is 6.92 Å². The van der Waals surface area contributed by atoms with Gasteiger partial charge in [0, 0.05) is 18.7 Å². The number of rotatable bonds is 9. The number of ether oxygens (including phenoxy) is 1. The van der Waals surface area contributed by atoms with Crippen molar-refractivity contribution in [3.05, 3.63) is 29.3 Å². The molecule has 25 heavy (non-hydrogen) atoms. The van der Waals surface area contributed by atoms with Crippen molar-refractivity contribution in [1.29, 1.82) is 0 Å². The standard InChI is InChI=1S/C20H34N4O/c1-4-21-20(22-11-5-6-12-24-13-7-8-14-24)23-16-18-10-9-17(2)15-19(18)25-3/h9-10,15H,4-8,11-14,16H2,1-3H3,(H2,21,22,23). The summed E-state index contributed by atoms with van der Waals surface area (Å²) in [5, 5.41) is 6.77. The highest BCUT2D eigenvalue weighted by atomic mass is 16.5. The molecule has 1 fully saturated rings. The molecule has 0 radical (unpaired) electrons. The molecule has 1 aromatic carbocycles. The smallest absolute Gasteiger partial charge is 0.191 e. The Hall–Kier alpha value is -1.75. The maximum atomic E-state index is 5.47. The first-order valence-corrected chi connectivity index (χ1v) is 9.61. The molecule has 5 nitrogen and oxygen atoms in total. The monoisotopic (exact) mass is 346 g/mol. The number of nitrogens with zero attached hydrogens (tertiary/aromatic N) is 2. The molecule has 5 heteroatoms. The van der Waals surface area contributed by atoms with E-state index < -0.39 is 0 Å². The minimum atomic E-state index is 0.618. The maximum absolute atomic E-state index is 5.47. The molecule has 1 aromatic rings. The van der Waals surface area contributed by atoms with E-state index >= 15 is 0 Å². The first-order chi connectivity index (χ1) is 12.2. The van der Waals surface area contributed by atoms with Crippen LogP contribution in [0.1, 0.15) is 43.7 Å². The van der Waals surface area contributed by atoms with E-state index in [-0.39, 0.29) is 0 Å². The van der Waals surface area contributed by atoms with E-state index in [1.54, 1.807) is 7.11 Å². The summed E-state index contributed by atoms with van der Waals surface area (Å²) in [6.45, 7) is 10.4. The van der Waals surface area contributed by atoms with E-state index in [2.05, 4.69) is 47.6 Å². The number of aryl methyl sites for hydroxylation is 1. The van der Waals surface area contributed by atoms with Gasteiger partial charge in [-0.2, -0.15) is 0 Å². The Morgan fingerprint density at radius 2 is 2.00 bits per heavy atom. The molecule has 0 bridgehead atoms. The molecule has 0 aromatic heterocycles. The van der Waals surface area contributed by atoms with E-state index in [0.717, 1.165) is 30.4 Å². The van der Waals surface area contributed by atoms with Crippen molar-refractivity contribution in [2.45, 2.75) is 46.1 Å². The summed E-state index contributed by atoms with van der Waals surface area (Å²) in [7, 11) is 1.71. The minimum Gasteiger partial charge on any atom is -0.496 e. The SMILES string of the molecule is CCNC(=NCc1ccc(C)cc1OC)NCCCCN1CCCC1. The predicted octanol–water partition coefficient (Wildman–Crippen LogP) is 2.93.